The van der Waals surface area contributed by atoms with Crippen molar-refractivity contribution in [2.24, 2.45) is 0 Å². The Morgan fingerprint density at radius 1 is 0.955 bits per heavy atom. The van der Waals surface area contributed by atoms with E-state index in [1.807, 2.05) is 6.92 Å². The van der Waals surface area contributed by atoms with Gasteiger partial charge in [-0.05, 0) is 19.8 Å². The van der Waals surface area contributed by atoms with E-state index in [4.69, 9.17) is 28.4 Å². The van der Waals surface area contributed by atoms with E-state index < -0.39 is 36.2 Å². The third kappa shape index (κ3) is 2.23. The molecule has 2 aliphatic heterocycles. The molecule has 7 heteroatoms. The molecular weight excluding hydrogens is 292 g/mol. The Hall–Kier alpha value is -0.280. The van der Waals surface area contributed by atoms with Crippen LogP contribution in [0.4, 0.5) is 0 Å². The molecule has 2 heterocycles. The average Bonchev–Trinajstić information content (AvgIpc) is 2.56. The van der Waals surface area contributed by atoms with Crippen LogP contribution in [0.2, 0.25) is 0 Å². The summed E-state index contributed by atoms with van der Waals surface area (Å²) in [6, 6.07) is 0. The predicted molar refractivity (Wildman–Crippen MR) is 75.0 cm³/mol. The zero-order valence-corrected chi connectivity index (χ0v) is 13.6. The highest BCUT2D eigenvalue weighted by Crippen LogP contribution is 2.50. The van der Waals surface area contributed by atoms with Crippen molar-refractivity contribution in [2.75, 3.05) is 21.3 Å². The normalized spacial score (nSPS) is 52.0. The molecule has 2 saturated heterocycles. The zero-order chi connectivity index (χ0) is 16.0. The van der Waals surface area contributed by atoms with Gasteiger partial charge in [0.15, 0.2) is 6.29 Å². The summed E-state index contributed by atoms with van der Waals surface area (Å²) < 4.78 is 34.9. The van der Waals surface area contributed by atoms with Gasteiger partial charge >= 0.3 is 0 Å². The van der Waals surface area contributed by atoms with Crippen LogP contribution in [0.1, 0.15) is 32.6 Å². The monoisotopic (exact) mass is 318 g/mol. The Bertz CT molecular complexity index is 405. The van der Waals surface area contributed by atoms with Gasteiger partial charge in [0.25, 0.3) is 0 Å². The maximum atomic E-state index is 10.5. The Balaban J connectivity index is 1.94. The Kier molecular flexibility index (Phi) is 4.50. The molecule has 7 atom stereocenters. The molecule has 0 aromatic rings. The topological polar surface area (TPSA) is 75.6 Å². The highest BCUT2D eigenvalue weighted by molar-refractivity contribution is 5.03. The fourth-order valence-corrected chi connectivity index (χ4v) is 3.93. The van der Waals surface area contributed by atoms with Crippen LogP contribution in [0.5, 0.6) is 0 Å². The largest absolute Gasteiger partial charge is 0.385 e. The summed E-state index contributed by atoms with van der Waals surface area (Å²) in [6.45, 7) is 1.88. The second kappa shape index (κ2) is 5.98. The van der Waals surface area contributed by atoms with Crippen molar-refractivity contribution in [1.82, 2.24) is 0 Å². The van der Waals surface area contributed by atoms with Gasteiger partial charge in [0, 0.05) is 34.2 Å². The highest BCUT2D eigenvalue weighted by Gasteiger charge is 2.66. The maximum absolute atomic E-state index is 10.5. The fraction of sp³-hybridized carbons (Fsp3) is 1.00. The average molecular weight is 318 g/mol. The molecule has 0 unspecified atom stereocenters. The van der Waals surface area contributed by atoms with Gasteiger partial charge in [-0.3, -0.25) is 0 Å². The number of aliphatic hydroxyl groups excluding tert-OH is 1. The van der Waals surface area contributed by atoms with Gasteiger partial charge in [0.2, 0.25) is 11.6 Å². The first kappa shape index (κ1) is 16.6. The van der Waals surface area contributed by atoms with Gasteiger partial charge in [-0.2, -0.15) is 0 Å². The van der Waals surface area contributed by atoms with Crippen LogP contribution >= 0.6 is 0 Å². The van der Waals surface area contributed by atoms with E-state index in [-0.39, 0.29) is 6.10 Å². The molecule has 3 fully saturated rings. The highest BCUT2D eigenvalue weighted by atomic mass is 16.8. The van der Waals surface area contributed by atoms with Gasteiger partial charge in [0.05, 0.1) is 6.10 Å². The smallest absolute Gasteiger partial charge is 0.223 e. The van der Waals surface area contributed by atoms with Gasteiger partial charge in [-0.1, -0.05) is 0 Å². The quantitative estimate of drug-likeness (QED) is 0.824. The van der Waals surface area contributed by atoms with Crippen LogP contribution in [0.15, 0.2) is 0 Å². The minimum absolute atomic E-state index is 0.290. The number of hydrogen-bond acceptors (Lipinski definition) is 7. The lowest BCUT2D eigenvalue weighted by molar-refractivity contribution is -0.494. The summed E-state index contributed by atoms with van der Waals surface area (Å²) in [5.41, 5.74) is 0. The molecule has 0 amide bonds. The summed E-state index contributed by atoms with van der Waals surface area (Å²) in [5.74, 6) is -1.99. The van der Waals surface area contributed by atoms with E-state index in [1.165, 1.54) is 7.11 Å². The molecule has 3 rings (SSSR count). The first-order chi connectivity index (χ1) is 10.5. The molecule has 0 spiro atoms. The van der Waals surface area contributed by atoms with Crippen LogP contribution in [0, 0.1) is 0 Å². The lowest BCUT2D eigenvalue weighted by Crippen LogP contribution is -2.74. The van der Waals surface area contributed by atoms with Crippen LogP contribution in [0.3, 0.4) is 0 Å². The second-order valence-corrected chi connectivity index (χ2v) is 6.22. The maximum Gasteiger partial charge on any atom is 0.223 e. The lowest BCUT2D eigenvalue weighted by atomic mass is 9.84. The first-order valence-corrected chi connectivity index (χ1v) is 7.85. The number of ether oxygens (including phenoxy) is 6. The molecule has 1 aliphatic carbocycles. The van der Waals surface area contributed by atoms with Gasteiger partial charge in [-0.25, -0.2) is 0 Å². The van der Waals surface area contributed by atoms with Crippen molar-refractivity contribution >= 4 is 0 Å². The second-order valence-electron chi connectivity index (χ2n) is 6.22. The zero-order valence-electron chi connectivity index (χ0n) is 13.6. The van der Waals surface area contributed by atoms with Crippen LogP contribution in [-0.4, -0.2) is 68.7 Å². The van der Waals surface area contributed by atoms with Crippen LogP contribution in [0.25, 0.3) is 0 Å². The van der Waals surface area contributed by atoms with Crippen molar-refractivity contribution in [3.63, 3.8) is 0 Å². The molecule has 0 aromatic carbocycles. The van der Waals surface area contributed by atoms with E-state index in [0.717, 1.165) is 12.8 Å². The summed E-state index contributed by atoms with van der Waals surface area (Å²) in [5, 5.41) is 10.5. The SMILES string of the molecule is CO[C@@H]1O[C@@H](C)[C@@H]2O[C@]3(OC)CCCC[C@@]3(OC)O[C@H]2[C@H]1O. The molecule has 0 bridgehead atoms. The summed E-state index contributed by atoms with van der Waals surface area (Å²) in [4.78, 5) is 0. The van der Waals surface area contributed by atoms with Gasteiger partial charge in [-0.15, -0.1) is 0 Å². The third-order valence-corrected chi connectivity index (χ3v) is 5.14. The number of hydrogen-bond donors (Lipinski definition) is 1. The number of methoxy groups -OCH3 is 3. The minimum atomic E-state index is -1.02. The molecular formula is C15H26O7. The van der Waals surface area contributed by atoms with Crippen molar-refractivity contribution in [3.8, 4) is 0 Å². The van der Waals surface area contributed by atoms with Gasteiger partial charge < -0.3 is 33.5 Å². The van der Waals surface area contributed by atoms with Crippen molar-refractivity contribution < 1.29 is 33.5 Å². The van der Waals surface area contributed by atoms with E-state index in [2.05, 4.69) is 0 Å². The van der Waals surface area contributed by atoms with E-state index >= 15 is 0 Å². The van der Waals surface area contributed by atoms with Crippen molar-refractivity contribution in [2.45, 2.75) is 74.9 Å². The third-order valence-electron chi connectivity index (χ3n) is 5.14. The Labute approximate surface area is 130 Å². The van der Waals surface area contributed by atoms with Crippen LogP contribution in [-0.2, 0) is 28.4 Å². The fourth-order valence-electron chi connectivity index (χ4n) is 3.93. The van der Waals surface area contributed by atoms with E-state index in [0.29, 0.717) is 12.8 Å². The van der Waals surface area contributed by atoms with Gasteiger partial charge in [0.1, 0.15) is 18.3 Å². The summed E-state index contributed by atoms with van der Waals surface area (Å²) in [7, 11) is 4.69. The van der Waals surface area contributed by atoms with E-state index in [1.54, 1.807) is 14.2 Å². The number of aliphatic hydroxyl groups is 1. The Morgan fingerprint density at radius 3 is 2.00 bits per heavy atom. The van der Waals surface area contributed by atoms with E-state index in [9.17, 15) is 5.11 Å². The Morgan fingerprint density at radius 2 is 1.50 bits per heavy atom. The first-order valence-electron chi connectivity index (χ1n) is 7.85. The summed E-state index contributed by atoms with van der Waals surface area (Å²) in [6.07, 6.45) is 0.243. The lowest BCUT2D eigenvalue weighted by Gasteiger charge is -2.59. The standard InChI is InChI=1S/C15H26O7/c1-9-11-12(10(16)13(17-2)20-9)22-15(19-4)8-6-5-7-14(15,18-3)21-11/h9-13,16H,5-8H2,1-4H3/t9-,10+,11-,12-,13+,14+,15+/m0/s1. The molecule has 7 nitrogen and oxygen atoms in total. The minimum Gasteiger partial charge on any atom is -0.385 e. The summed E-state index contributed by atoms with van der Waals surface area (Å²) >= 11 is 0. The van der Waals surface area contributed by atoms with Crippen molar-refractivity contribution in [3.05, 3.63) is 0 Å². The van der Waals surface area contributed by atoms with Crippen LogP contribution < -0.4 is 0 Å². The number of rotatable bonds is 3. The predicted octanol–water partition coefficient (Wildman–Crippen LogP) is 0.782. The molecule has 3 aliphatic rings. The van der Waals surface area contributed by atoms with Crippen molar-refractivity contribution in [1.29, 1.82) is 0 Å². The molecule has 0 aromatic heterocycles. The molecule has 22 heavy (non-hydrogen) atoms. The molecule has 0 radical (unpaired) electrons. The number of fused-ring (bicyclic) bond motifs is 2. The molecule has 1 N–H and O–H groups in total. The molecule has 128 valence electrons. The molecule has 1 saturated carbocycles.